The third kappa shape index (κ3) is 5.36. The number of sulfonamides is 1. The second kappa shape index (κ2) is 10.6. The molecule has 3 amide bonds. The first-order chi connectivity index (χ1) is 20.5. The first-order valence-corrected chi connectivity index (χ1v) is 15.5. The lowest BCUT2D eigenvalue weighted by atomic mass is 10.0. The minimum Gasteiger partial charge on any atom is -0.465 e. The Bertz CT molecular complexity index is 1870. The Balaban J connectivity index is 1.24. The van der Waals surface area contributed by atoms with Crippen LogP contribution in [-0.2, 0) is 27.6 Å². The number of nitrogens with zero attached hydrogens (tertiary/aromatic N) is 2. The third-order valence-corrected chi connectivity index (χ3v) is 9.61. The van der Waals surface area contributed by atoms with Crippen LogP contribution in [0.2, 0.25) is 0 Å². The van der Waals surface area contributed by atoms with E-state index in [1.165, 1.54) is 19.2 Å². The van der Waals surface area contributed by atoms with Crippen LogP contribution in [0.3, 0.4) is 0 Å². The molecule has 2 aliphatic rings. The average molecular weight is 601 g/mol. The van der Waals surface area contributed by atoms with Crippen molar-refractivity contribution in [2.24, 2.45) is 0 Å². The molecule has 43 heavy (non-hydrogen) atoms. The predicted molar refractivity (Wildman–Crippen MR) is 161 cm³/mol. The minimum atomic E-state index is -3.99. The van der Waals surface area contributed by atoms with Crippen LogP contribution in [0.25, 0.3) is 16.6 Å². The fraction of sp³-hybridized carbons (Fsp3) is 0.281. The summed E-state index contributed by atoms with van der Waals surface area (Å²) in [5, 5.41) is 3.71. The highest BCUT2D eigenvalue weighted by atomic mass is 32.2. The second-order valence-corrected chi connectivity index (χ2v) is 13.0. The Morgan fingerprint density at radius 1 is 1.00 bits per heavy atom. The number of likely N-dealkylation sites (N-methyl/N-ethyl adjacent to an activating group) is 1. The number of aromatic nitrogens is 1. The number of hydrogen-bond acceptors (Lipinski definition) is 6. The maximum Gasteiger partial charge on any atom is 0.337 e. The highest BCUT2D eigenvalue weighted by Gasteiger charge is 2.44. The Hall–Kier alpha value is -4.64. The summed E-state index contributed by atoms with van der Waals surface area (Å²) in [6.45, 7) is 2.44. The molecule has 4 aromatic rings. The molecule has 11 heteroatoms. The first kappa shape index (κ1) is 28.5. The average Bonchev–Trinajstić information content (AvgIpc) is 3.64. The Morgan fingerprint density at radius 2 is 1.70 bits per heavy atom. The highest BCUT2D eigenvalue weighted by Crippen LogP contribution is 2.39. The summed E-state index contributed by atoms with van der Waals surface area (Å²) >= 11 is 0. The Labute approximate surface area is 249 Å². The predicted octanol–water partition coefficient (Wildman–Crippen LogP) is 4.12. The van der Waals surface area contributed by atoms with Crippen LogP contribution in [0.1, 0.15) is 50.4 Å². The zero-order valence-corrected chi connectivity index (χ0v) is 25.0. The zero-order valence-electron chi connectivity index (χ0n) is 24.1. The second-order valence-electron chi connectivity index (χ2n) is 11.4. The number of carbonyl (C=O) groups is 3. The molecule has 222 valence electrons. The molecule has 1 fully saturated rings. The van der Waals surface area contributed by atoms with Crippen LogP contribution in [0, 0.1) is 6.92 Å². The number of hydrogen-bond donors (Lipinski definition) is 2. The summed E-state index contributed by atoms with van der Waals surface area (Å²) < 4.78 is 34.3. The molecule has 0 bridgehead atoms. The van der Waals surface area contributed by atoms with Gasteiger partial charge >= 0.3 is 12.0 Å². The van der Waals surface area contributed by atoms with Gasteiger partial charge in [0, 0.05) is 30.2 Å². The molecule has 1 aliphatic carbocycles. The lowest BCUT2D eigenvalue weighted by molar-refractivity contribution is 0.0600. The number of ether oxygens (including phenoxy) is 1. The number of amides is 3. The van der Waals surface area contributed by atoms with Gasteiger partial charge in [0.2, 0.25) is 0 Å². The van der Waals surface area contributed by atoms with Crippen LogP contribution >= 0.6 is 0 Å². The molecule has 2 N–H and O–H groups in total. The number of fused-ring (bicyclic) bond motifs is 3. The van der Waals surface area contributed by atoms with Crippen molar-refractivity contribution in [2.75, 3.05) is 20.7 Å². The quantitative estimate of drug-likeness (QED) is 0.308. The maximum absolute atomic E-state index is 13.3. The van der Waals surface area contributed by atoms with Crippen LogP contribution in [0.4, 0.5) is 4.79 Å². The number of aryl methyl sites for hydroxylation is 1. The lowest BCUT2D eigenvalue weighted by Gasteiger charge is -2.24. The van der Waals surface area contributed by atoms with Crippen molar-refractivity contribution in [1.29, 1.82) is 0 Å². The van der Waals surface area contributed by atoms with E-state index in [1.807, 2.05) is 41.8 Å². The lowest BCUT2D eigenvalue weighted by Crippen LogP contribution is -2.46. The summed E-state index contributed by atoms with van der Waals surface area (Å²) in [6, 6.07) is 18.6. The number of urea groups is 1. The number of esters is 1. The molecule has 6 rings (SSSR count). The summed E-state index contributed by atoms with van der Waals surface area (Å²) in [6.07, 6.45) is 2.65. The van der Waals surface area contributed by atoms with Gasteiger partial charge in [-0.25, -0.2) is 22.7 Å². The van der Waals surface area contributed by atoms with Gasteiger partial charge in [-0.15, -0.1) is 0 Å². The van der Waals surface area contributed by atoms with Gasteiger partial charge in [-0.3, -0.25) is 4.79 Å². The van der Waals surface area contributed by atoms with Gasteiger partial charge < -0.3 is 19.5 Å². The molecule has 1 saturated carbocycles. The molecule has 1 aliphatic heterocycles. The van der Waals surface area contributed by atoms with Crippen LogP contribution < -0.4 is 10.0 Å². The van der Waals surface area contributed by atoms with Crippen molar-refractivity contribution in [3.63, 3.8) is 0 Å². The molecule has 3 aromatic carbocycles. The fourth-order valence-electron chi connectivity index (χ4n) is 5.72. The first-order valence-electron chi connectivity index (χ1n) is 14.0. The topological polar surface area (TPSA) is 127 Å². The fourth-order valence-corrected chi connectivity index (χ4v) is 6.63. The normalized spacial score (nSPS) is 15.6. The SMILES string of the molecule is COC(=O)c1ccc2c(c1)c1c(n2-c2ccc(CC3(NC(=O)NS(=O)(=O)c4ccc(C)cc4)CC3)cc2)C(=O)N(C)CC1. The van der Waals surface area contributed by atoms with E-state index in [0.29, 0.717) is 30.6 Å². The van der Waals surface area contributed by atoms with Gasteiger partial charge in [-0.1, -0.05) is 29.8 Å². The van der Waals surface area contributed by atoms with E-state index >= 15 is 0 Å². The number of benzene rings is 3. The largest absolute Gasteiger partial charge is 0.465 e. The zero-order chi connectivity index (χ0) is 30.5. The van der Waals surface area contributed by atoms with Crippen LogP contribution in [0.15, 0.2) is 71.6 Å². The van der Waals surface area contributed by atoms with Crippen molar-refractivity contribution in [2.45, 2.75) is 43.0 Å². The highest BCUT2D eigenvalue weighted by molar-refractivity contribution is 7.90. The Kier molecular flexibility index (Phi) is 7.00. The minimum absolute atomic E-state index is 0.0274. The smallest absolute Gasteiger partial charge is 0.337 e. The van der Waals surface area contributed by atoms with E-state index < -0.39 is 27.6 Å². The van der Waals surface area contributed by atoms with Crippen molar-refractivity contribution in [3.8, 4) is 5.69 Å². The van der Waals surface area contributed by atoms with Gasteiger partial charge in [0.25, 0.3) is 15.9 Å². The van der Waals surface area contributed by atoms with Gasteiger partial charge in [0.05, 0.1) is 23.1 Å². The maximum atomic E-state index is 13.3. The van der Waals surface area contributed by atoms with Crippen LogP contribution in [0.5, 0.6) is 0 Å². The summed E-state index contributed by atoms with van der Waals surface area (Å²) in [5.74, 6) is -0.523. The van der Waals surface area contributed by atoms with Crippen molar-refractivity contribution < 1.29 is 27.5 Å². The summed E-state index contributed by atoms with van der Waals surface area (Å²) in [4.78, 5) is 40.0. The molecule has 2 heterocycles. The Morgan fingerprint density at radius 3 is 2.35 bits per heavy atom. The van der Waals surface area contributed by atoms with E-state index in [0.717, 1.165) is 46.1 Å². The number of methoxy groups -OCH3 is 1. The van der Waals surface area contributed by atoms with Gasteiger partial charge in [0.15, 0.2) is 0 Å². The van der Waals surface area contributed by atoms with E-state index in [1.54, 1.807) is 36.2 Å². The molecule has 0 spiro atoms. The number of nitrogens with one attached hydrogen (secondary N) is 2. The molecule has 10 nitrogen and oxygen atoms in total. The van der Waals surface area contributed by atoms with E-state index in [9.17, 15) is 22.8 Å². The molecular weight excluding hydrogens is 568 g/mol. The van der Waals surface area contributed by atoms with Gasteiger partial charge in [-0.05, 0) is 86.2 Å². The number of carbonyl (C=O) groups excluding carboxylic acids is 3. The molecular formula is C32H32N4O6S. The van der Waals surface area contributed by atoms with E-state index in [2.05, 4.69) is 10.0 Å². The van der Waals surface area contributed by atoms with Crippen molar-refractivity contribution in [3.05, 3.63) is 94.7 Å². The summed E-state index contributed by atoms with van der Waals surface area (Å²) in [5.41, 5.74) is 4.87. The number of rotatable bonds is 7. The standard InChI is InChI=1S/C32H32N4O6S/c1-20-4-11-24(12-5-20)43(40,41)34-31(39)33-32(15-16-32)19-21-6-9-23(10-7-21)36-27-13-8-22(30(38)42-3)18-26(27)25-14-17-35(2)29(37)28(25)36/h4-13,18H,14-17,19H2,1-3H3,(H2,33,34,39). The molecule has 1 aromatic heterocycles. The van der Waals surface area contributed by atoms with Crippen molar-refractivity contribution in [1.82, 2.24) is 19.5 Å². The molecule has 0 radical (unpaired) electrons. The van der Waals surface area contributed by atoms with Crippen molar-refractivity contribution >= 4 is 38.8 Å². The monoisotopic (exact) mass is 600 g/mol. The van der Waals surface area contributed by atoms with E-state index in [-0.39, 0.29) is 10.8 Å². The molecule has 0 unspecified atom stereocenters. The molecule has 0 saturated heterocycles. The third-order valence-electron chi connectivity index (χ3n) is 8.27. The van der Waals surface area contributed by atoms with E-state index in [4.69, 9.17) is 4.74 Å². The van der Waals surface area contributed by atoms with Gasteiger partial charge in [-0.2, -0.15) is 0 Å². The molecule has 0 atom stereocenters. The van der Waals surface area contributed by atoms with Gasteiger partial charge in [0.1, 0.15) is 5.69 Å². The van der Waals surface area contributed by atoms with Crippen LogP contribution in [-0.4, -0.2) is 62.0 Å². The summed E-state index contributed by atoms with van der Waals surface area (Å²) in [7, 11) is -0.869.